The zero-order valence-electron chi connectivity index (χ0n) is 18.1. The first-order valence-electron chi connectivity index (χ1n) is 10.7. The zero-order valence-corrected chi connectivity index (χ0v) is 18.1. The van der Waals surface area contributed by atoms with E-state index in [2.05, 4.69) is 53.4 Å². The maximum Gasteiger partial charge on any atom is 0.119 e. The summed E-state index contributed by atoms with van der Waals surface area (Å²) in [7, 11) is 0. The fourth-order valence-corrected chi connectivity index (χ4v) is 4.04. The summed E-state index contributed by atoms with van der Waals surface area (Å²) in [5.41, 5.74) is 3.53. The second-order valence-corrected chi connectivity index (χ2v) is 8.18. The number of aliphatic hydroxyl groups is 1. The Morgan fingerprint density at radius 2 is 1.68 bits per heavy atom. The second kappa shape index (κ2) is 9.82. The van der Waals surface area contributed by atoms with Crippen LogP contribution in [0.5, 0.6) is 5.75 Å². The molecule has 0 fully saturated rings. The SMILES string of the molecule is Cc1cc(C)cc(OCC(O)CN(Cc2ccco2)Cc2cccc3ccccc23)c1. The molecular weight excluding hydrogens is 386 g/mol. The predicted molar refractivity (Wildman–Crippen MR) is 124 cm³/mol. The standard InChI is InChI=1S/C27H29NO3/c1-20-13-21(2)15-26(14-20)31-19-24(29)17-28(18-25-10-6-12-30-25)16-23-9-5-8-22-7-3-4-11-27(22)23/h3-15,24,29H,16-19H2,1-2H3. The molecule has 0 amide bonds. The Balaban J connectivity index is 1.46. The summed E-state index contributed by atoms with van der Waals surface area (Å²) in [6, 6.07) is 24.7. The van der Waals surface area contributed by atoms with Gasteiger partial charge in [0.25, 0.3) is 0 Å². The average Bonchev–Trinajstić information content (AvgIpc) is 3.25. The molecule has 4 aromatic rings. The largest absolute Gasteiger partial charge is 0.491 e. The van der Waals surface area contributed by atoms with E-state index in [4.69, 9.17) is 9.15 Å². The average molecular weight is 416 g/mol. The van der Waals surface area contributed by atoms with Crippen molar-refractivity contribution >= 4 is 10.8 Å². The van der Waals surface area contributed by atoms with Crippen LogP contribution in [0.4, 0.5) is 0 Å². The molecule has 0 spiro atoms. The summed E-state index contributed by atoms with van der Waals surface area (Å²) in [5.74, 6) is 1.67. The van der Waals surface area contributed by atoms with Crippen molar-refractivity contribution in [3.63, 3.8) is 0 Å². The van der Waals surface area contributed by atoms with Gasteiger partial charge in [-0.1, -0.05) is 48.5 Å². The lowest BCUT2D eigenvalue weighted by Crippen LogP contribution is -2.35. The van der Waals surface area contributed by atoms with E-state index in [0.29, 0.717) is 19.6 Å². The van der Waals surface area contributed by atoms with Crippen molar-refractivity contribution in [3.8, 4) is 5.75 Å². The number of hydrogen-bond acceptors (Lipinski definition) is 4. The summed E-state index contributed by atoms with van der Waals surface area (Å²) in [6.07, 6.45) is 1.07. The quantitative estimate of drug-likeness (QED) is 0.393. The van der Waals surface area contributed by atoms with E-state index in [1.807, 2.05) is 38.1 Å². The van der Waals surface area contributed by atoms with Crippen molar-refractivity contribution in [2.45, 2.75) is 33.0 Å². The highest BCUT2D eigenvalue weighted by atomic mass is 16.5. The van der Waals surface area contributed by atoms with Gasteiger partial charge in [-0.2, -0.15) is 0 Å². The molecule has 1 unspecified atom stereocenters. The first-order chi connectivity index (χ1) is 15.1. The van der Waals surface area contributed by atoms with Crippen LogP contribution in [0.1, 0.15) is 22.5 Å². The van der Waals surface area contributed by atoms with Crippen molar-refractivity contribution in [2.75, 3.05) is 13.2 Å². The molecule has 0 saturated carbocycles. The number of aryl methyl sites for hydroxylation is 2. The minimum absolute atomic E-state index is 0.243. The number of furan rings is 1. The molecule has 1 aromatic heterocycles. The fourth-order valence-electron chi connectivity index (χ4n) is 4.04. The second-order valence-electron chi connectivity index (χ2n) is 8.18. The molecule has 4 rings (SSSR count). The molecule has 31 heavy (non-hydrogen) atoms. The molecule has 0 aliphatic heterocycles. The van der Waals surface area contributed by atoms with Crippen LogP contribution in [0.25, 0.3) is 10.8 Å². The van der Waals surface area contributed by atoms with E-state index < -0.39 is 6.10 Å². The number of hydrogen-bond donors (Lipinski definition) is 1. The Morgan fingerprint density at radius 1 is 0.903 bits per heavy atom. The highest BCUT2D eigenvalue weighted by Crippen LogP contribution is 2.21. The van der Waals surface area contributed by atoms with Crippen LogP contribution >= 0.6 is 0 Å². The van der Waals surface area contributed by atoms with Crippen LogP contribution in [-0.2, 0) is 13.1 Å². The summed E-state index contributed by atoms with van der Waals surface area (Å²) < 4.78 is 11.5. The van der Waals surface area contributed by atoms with Crippen LogP contribution in [0.3, 0.4) is 0 Å². The summed E-state index contributed by atoms with van der Waals surface area (Å²) >= 11 is 0. The minimum Gasteiger partial charge on any atom is -0.491 e. The smallest absolute Gasteiger partial charge is 0.119 e. The number of rotatable bonds is 9. The van der Waals surface area contributed by atoms with E-state index in [1.165, 1.54) is 16.3 Å². The minimum atomic E-state index is -0.620. The van der Waals surface area contributed by atoms with Gasteiger partial charge >= 0.3 is 0 Å². The van der Waals surface area contributed by atoms with Crippen LogP contribution in [0.15, 0.2) is 83.5 Å². The highest BCUT2D eigenvalue weighted by molar-refractivity contribution is 5.85. The van der Waals surface area contributed by atoms with E-state index in [9.17, 15) is 5.11 Å². The molecule has 0 radical (unpaired) electrons. The van der Waals surface area contributed by atoms with Gasteiger partial charge in [0.1, 0.15) is 24.2 Å². The van der Waals surface area contributed by atoms with Gasteiger partial charge in [0.2, 0.25) is 0 Å². The van der Waals surface area contributed by atoms with Gasteiger partial charge in [-0.25, -0.2) is 0 Å². The number of aliphatic hydroxyl groups excluding tert-OH is 1. The zero-order chi connectivity index (χ0) is 21.6. The molecule has 4 nitrogen and oxygen atoms in total. The van der Waals surface area contributed by atoms with Crippen LogP contribution in [0.2, 0.25) is 0 Å². The Morgan fingerprint density at radius 3 is 2.45 bits per heavy atom. The lowest BCUT2D eigenvalue weighted by molar-refractivity contribution is 0.0606. The van der Waals surface area contributed by atoms with Crippen molar-refractivity contribution in [1.82, 2.24) is 4.90 Å². The van der Waals surface area contributed by atoms with Gasteiger partial charge in [0.05, 0.1) is 12.8 Å². The number of fused-ring (bicyclic) bond motifs is 1. The van der Waals surface area contributed by atoms with Gasteiger partial charge in [-0.05, 0) is 65.6 Å². The van der Waals surface area contributed by atoms with E-state index in [-0.39, 0.29) is 6.61 Å². The third kappa shape index (κ3) is 5.75. The molecule has 4 heteroatoms. The molecule has 0 bridgehead atoms. The van der Waals surface area contributed by atoms with Crippen molar-refractivity contribution in [2.24, 2.45) is 0 Å². The summed E-state index contributed by atoms with van der Waals surface area (Å²) in [4.78, 5) is 2.20. The molecule has 0 aliphatic carbocycles. The van der Waals surface area contributed by atoms with Gasteiger partial charge in [0.15, 0.2) is 0 Å². The van der Waals surface area contributed by atoms with Gasteiger partial charge in [-0.3, -0.25) is 4.90 Å². The van der Waals surface area contributed by atoms with Crippen LogP contribution in [-0.4, -0.2) is 29.3 Å². The van der Waals surface area contributed by atoms with E-state index >= 15 is 0 Å². The third-order valence-electron chi connectivity index (χ3n) is 5.34. The Labute approximate surface area is 183 Å². The van der Waals surface area contributed by atoms with Crippen molar-refractivity contribution in [1.29, 1.82) is 0 Å². The topological polar surface area (TPSA) is 45.8 Å². The van der Waals surface area contributed by atoms with Gasteiger partial charge < -0.3 is 14.3 Å². The van der Waals surface area contributed by atoms with Gasteiger partial charge in [0, 0.05) is 13.1 Å². The van der Waals surface area contributed by atoms with Crippen LogP contribution in [0, 0.1) is 13.8 Å². The summed E-state index contributed by atoms with van der Waals surface area (Å²) in [6.45, 7) is 6.15. The molecule has 1 heterocycles. The predicted octanol–water partition coefficient (Wildman–Crippen LogP) is 5.49. The maximum absolute atomic E-state index is 10.7. The Hall–Kier alpha value is -3.08. The molecule has 1 N–H and O–H groups in total. The monoisotopic (exact) mass is 415 g/mol. The molecule has 160 valence electrons. The normalized spacial score (nSPS) is 12.4. The number of nitrogens with zero attached hydrogens (tertiary/aromatic N) is 1. The number of benzene rings is 3. The third-order valence-corrected chi connectivity index (χ3v) is 5.34. The van der Waals surface area contributed by atoms with Gasteiger partial charge in [-0.15, -0.1) is 0 Å². The first kappa shape index (κ1) is 21.2. The maximum atomic E-state index is 10.7. The molecule has 1 atom stereocenters. The summed E-state index contributed by atoms with van der Waals surface area (Å²) in [5, 5.41) is 13.2. The molecule has 0 saturated heterocycles. The van der Waals surface area contributed by atoms with Crippen LogP contribution < -0.4 is 4.74 Å². The van der Waals surface area contributed by atoms with E-state index in [1.54, 1.807) is 6.26 Å². The molecule has 3 aromatic carbocycles. The molecule has 0 aliphatic rings. The first-order valence-corrected chi connectivity index (χ1v) is 10.7. The van der Waals surface area contributed by atoms with Crippen molar-refractivity contribution in [3.05, 3.63) is 102 Å². The Kier molecular flexibility index (Phi) is 6.70. The Bertz CT molecular complexity index is 1100. The highest BCUT2D eigenvalue weighted by Gasteiger charge is 2.16. The fraction of sp³-hybridized carbons (Fsp3) is 0.259. The lowest BCUT2D eigenvalue weighted by atomic mass is 10.0. The van der Waals surface area contributed by atoms with Crippen molar-refractivity contribution < 1.29 is 14.3 Å². The lowest BCUT2D eigenvalue weighted by Gasteiger charge is -2.25. The van der Waals surface area contributed by atoms with E-state index in [0.717, 1.165) is 22.6 Å². The number of ether oxygens (including phenoxy) is 1. The molecular formula is C27H29NO3.